The second-order valence-corrected chi connectivity index (χ2v) is 7.02. The van der Waals surface area contributed by atoms with Crippen LogP contribution < -0.4 is 14.8 Å². The molecule has 3 N–H and O–H groups in total. The van der Waals surface area contributed by atoms with Gasteiger partial charge in [0.1, 0.15) is 46.9 Å². The van der Waals surface area contributed by atoms with Crippen LogP contribution in [0.5, 0.6) is 11.5 Å². The van der Waals surface area contributed by atoms with E-state index in [1.807, 2.05) is 0 Å². The Kier molecular flexibility index (Phi) is 5.62. The average Bonchev–Trinajstić information content (AvgIpc) is 2.72. The van der Waals surface area contributed by atoms with Crippen molar-refractivity contribution in [1.82, 2.24) is 5.32 Å². The summed E-state index contributed by atoms with van der Waals surface area (Å²) in [6, 6.07) is 8.53. The summed E-state index contributed by atoms with van der Waals surface area (Å²) in [5.41, 5.74) is 1.46. The summed E-state index contributed by atoms with van der Waals surface area (Å²) in [6.45, 7) is 0.322. The van der Waals surface area contributed by atoms with Crippen LogP contribution in [0, 0.1) is 11.6 Å². The minimum Gasteiger partial charge on any atom is -0.459 e. The molecule has 7 heteroatoms. The molecule has 0 aliphatic carbocycles. The summed E-state index contributed by atoms with van der Waals surface area (Å²) in [7, 11) is 0. The number of nitrogens with one attached hydrogen (secondary N) is 1. The highest BCUT2D eigenvalue weighted by Crippen LogP contribution is 2.29. The maximum absolute atomic E-state index is 13.3. The van der Waals surface area contributed by atoms with E-state index in [4.69, 9.17) is 9.47 Å². The number of allylic oxidation sites excluding steroid dienone is 2. The summed E-state index contributed by atoms with van der Waals surface area (Å²) in [6.07, 6.45) is 2.56. The van der Waals surface area contributed by atoms with Crippen LogP contribution in [0.1, 0.15) is 11.1 Å². The van der Waals surface area contributed by atoms with Gasteiger partial charge in [-0.1, -0.05) is 0 Å². The third kappa shape index (κ3) is 4.48. The fourth-order valence-corrected chi connectivity index (χ4v) is 3.34. The van der Waals surface area contributed by atoms with Gasteiger partial charge in [0.2, 0.25) is 0 Å². The molecular formula is C22H21F2NO4. The van der Waals surface area contributed by atoms with Gasteiger partial charge in [-0.05, 0) is 61.4 Å². The van der Waals surface area contributed by atoms with Crippen molar-refractivity contribution >= 4 is 0 Å². The van der Waals surface area contributed by atoms with Crippen molar-refractivity contribution in [2.45, 2.75) is 25.0 Å². The molecule has 152 valence electrons. The molecule has 0 spiro atoms. The molecule has 0 fully saturated rings. The van der Waals surface area contributed by atoms with Gasteiger partial charge in [0, 0.05) is 24.2 Å². The van der Waals surface area contributed by atoms with Crippen molar-refractivity contribution in [1.29, 1.82) is 0 Å². The summed E-state index contributed by atoms with van der Waals surface area (Å²) in [5.74, 6) is 1.17. The number of ether oxygens (including phenoxy) is 2. The Morgan fingerprint density at radius 1 is 0.793 bits per heavy atom. The van der Waals surface area contributed by atoms with Gasteiger partial charge in [0.05, 0.1) is 0 Å². The average molecular weight is 401 g/mol. The van der Waals surface area contributed by atoms with Crippen LogP contribution in [0.3, 0.4) is 0 Å². The molecule has 2 atom stereocenters. The highest BCUT2D eigenvalue weighted by Gasteiger charge is 2.22. The number of hydrogen-bond acceptors (Lipinski definition) is 5. The minimum atomic E-state index is -0.912. The van der Waals surface area contributed by atoms with Crippen molar-refractivity contribution in [3.8, 4) is 11.5 Å². The van der Waals surface area contributed by atoms with E-state index in [0.717, 1.165) is 11.1 Å². The zero-order chi connectivity index (χ0) is 20.4. The van der Waals surface area contributed by atoms with Crippen molar-refractivity contribution in [3.63, 3.8) is 0 Å². The van der Waals surface area contributed by atoms with Gasteiger partial charge < -0.3 is 25.0 Å². The number of aliphatic hydroxyl groups excluding tert-OH is 2. The van der Waals surface area contributed by atoms with E-state index in [-0.39, 0.29) is 24.7 Å². The summed E-state index contributed by atoms with van der Waals surface area (Å²) < 4.78 is 37.8. The lowest BCUT2D eigenvalue weighted by Gasteiger charge is -2.24. The molecule has 5 nitrogen and oxygen atoms in total. The van der Waals surface area contributed by atoms with Crippen LogP contribution in [-0.2, 0) is 12.8 Å². The number of hydrogen-bond donors (Lipinski definition) is 3. The quantitative estimate of drug-likeness (QED) is 0.694. The van der Waals surface area contributed by atoms with E-state index in [9.17, 15) is 19.0 Å². The van der Waals surface area contributed by atoms with Gasteiger partial charge in [-0.3, -0.25) is 0 Å². The largest absolute Gasteiger partial charge is 0.459 e. The molecule has 2 aliphatic heterocycles. The lowest BCUT2D eigenvalue weighted by Crippen LogP contribution is -2.37. The first-order chi connectivity index (χ1) is 14.0. The van der Waals surface area contributed by atoms with Gasteiger partial charge in [0.15, 0.2) is 0 Å². The van der Waals surface area contributed by atoms with Crippen LogP contribution in [0.2, 0.25) is 0 Å². The van der Waals surface area contributed by atoms with Gasteiger partial charge in [0.25, 0.3) is 0 Å². The molecule has 2 aromatic rings. The maximum Gasteiger partial charge on any atom is 0.130 e. The molecule has 0 saturated heterocycles. The molecular weight excluding hydrogens is 380 g/mol. The Morgan fingerprint density at radius 2 is 1.24 bits per heavy atom. The predicted octanol–water partition coefficient (Wildman–Crippen LogP) is 2.61. The lowest BCUT2D eigenvalue weighted by molar-refractivity contribution is 0.132. The predicted molar refractivity (Wildman–Crippen MR) is 103 cm³/mol. The monoisotopic (exact) mass is 401 g/mol. The molecule has 0 aromatic heterocycles. The third-order valence-electron chi connectivity index (χ3n) is 4.88. The second kappa shape index (κ2) is 8.32. The van der Waals surface area contributed by atoms with Crippen molar-refractivity contribution in [3.05, 3.63) is 82.8 Å². The highest BCUT2D eigenvalue weighted by molar-refractivity contribution is 5.41. The molecule has 1 unspecified atom stereocenters. The molecule has 2 heterocycles. The first kappa shape index (κ1) is 19.6. The molecule has 2 aliphatic rings. The molecule has 29 heavy (non-hydrogen) atoms. The van der Waals surface area contributed by atoms with Crippen LogP contribution in [0.25, 0.3) is 0 Å². The fraction of sp³-hybridized carbons (Fsp3) is 0.273. The van der Waals surface area contributed by atoms with Crippen LogP contribution >= 0.6 is 0 Å². The van der Waals surface area contributed by atoms with E-state index < -0.39 is 12.2 Å². The van der Waals surface area contributed by atoms with Gasteiger partial charge in [-0.2, -0.15) is 0 Å². The summed E-state index contributed by atoms with van der Waals surface area (Å²) >= 11 is 0. The molecule has 0 bridgehead atoms. The van der Waals surface area contributed by atoms with Crippen LogP contribution in [0.15, 0.2) is 60.1 Å². The fourth-order valence-electron chi connectivity index (χ4n) is 3.34. The van der Waals surface area contributed by atoms with E-state index in [1.165, 1.54) is 36.4 Å². The number of fused-ring (bicyclic) bond motifs is 2. The van der Waals surface area contributed by atoms with Gasteiger partial charge in [-0.25, -0.2) is 8.78 Å². The molecule has 0 radical (unpaired) electrons. The van der Waals surface area contributed by atoms with Crippen molar-refractivity contribution < 1.29 is 28.5 Å². The first-order valence-electron chi connectivity index (χ1n) is 9.39. The topological polar surface area (TPSA) is 71.0 Å². The summed E-state index contributed by atoms with van der Waals surface area (Å²) in [4.78, 5) is 0. The molecule has 0 amide bonds. The van der Waals surface area contributed by atoms with Crippen LogP contribution in [-0.4, -0.2) is 35.5 Å². The van der Waals surface area contributed by atoms with Gasteiger partial charge >= 0.3 is 0 Å². The molecule has 4 rings (SSSR count). The normalized spacial score (nSPS) is 17.1. The van der Waals surface area contributed by atoms with E-state index >= 15 is 0 Å². The molecule has 2 aromatic carbocycles. The Bertz CT molecular complexity index is 896. The number of benzene rings is 2. The van der Waals surface area contributed by atoms with Gasteiger partial charge in [-0.15, -0.1) is 0 Å². The first-order valence-corrected chi connectivity index (χ1v) is 9.39. The van der Waals surface area contributed by atoms with Crippen molar-refractivity contribution in [2.75, 3.05) is 13.1 Å². The maximum atomic E-state index is 13.3. The second-order valence-electron chi connectivity index (χ2n) is 7.02. The van der Waals surface area contributed by atoms with Crippen molar-refractivity contribution in [2.24, 2.45) is 0 Å². The Morgan fingerprint density at radius 3 is 1.69 bits per heavy atom. The third-order valence-corrected chi connectivity index (χ3v) is 4.88. The zero-order valence-corrected chi connectivity index (χ0v) is 15.6. The highest BCUT2D eigenvalue weighted by atomic mass is 19.1. The number of halogens is 2. The number of rotatable bonds is 6. The van der Waals surface area contributed by atoms with E-state index in [0.29, 0.717) is 35.9 Å². The Hall–Kier alpha value is -2.74. The smallest absolute Gasteiger partial charge is 0.130 e. The van der Waals surface area contributed by atoms with E-state index in [1.54, 1.807) is 12.2 Å². The zero-order valence-electron chi connectivity index (χ0n) is 15.6. The Labute approximate surface area is 166 Å². The Balaban J connectivity index is 1.27. The number of aliphatic hydroxyl groups is 2. The summed E-state index contributed by atoms with van der Waals surface area (Å²) in [5, 5.41) is 23.7. The van der Waals surface area contributed by atoms with Crippen LogP contribution in [0.4, 0.5) is 8.78 Å². The lowest BCUT2D eigenvalue weighted by atomic mass is 10.1. The van der Waals surface area contributed by atoms with E-state index in [2.05, 4.69) is 5.32 Å². The standard InChI is InChI=1S/C22H21F2NO4/c23-15-3-7-19-13(9-15)1-5-21(28-19)17(26)11-25-12-18(27)22-6-2-14-10-16(24)4-8-20(14)29-22/h3-10,17-18,25-27H,1-2,11-12H2/t17-,18?/m0/s1. The SMILES string of the molecule is OC(CNC[C@H](O)C1=CCc2cc(F)ccc2O1)C1=CCc2cc(F)ccc2O1. The minimum absolute atomic E-state index is 0.161. The molecule has 0 saturated carbocycles.